The summed E-state index contributed by atoms with van der Waals surface area (Å²) in [5.41, 5.74) is 0.996. The number of carbonyl (C=O) groups is 2. The summed E-state index contributed by atoms with van der Waals surface area (Å²) in [6.45, 7) is 2.60. The first-order chi connectivity index (χ1) is 12.1. The number of hydrogen-bond acceptors (Lipinski definition) is 4. The Morgan fingerprint density at radius 2 is 1.80 bits per heavy atom. The average molecular weight is 358 g/mol. The van der Waals surface area contributed by atoms with Crippen molar-refractivity contribution < 1.29 is 14.3 Å². The fourth-order valence-electron chi connectivity index (χ4n) is 2.13. The van der Waals surface area contributed by atoms with E-state index in [-0.39, 0.29) is 17.6 Å². The van der Waals surface area contributed by atoms with Crippen molar-refractivity contribution in [2.75, 3.05) is 24.7 Å². The highest BCUT2D eigenvalue weighted by Gasteiger charge is 2.12. The smallest absolute Gasteiger partial charge is 0.253 e. The first kappa shape index (κ1) is 18.9. The lowest BCUT2D eigenvalue weighted by Gasteiger charge is -2.11. The quantitative estimate of drug-likeness (QED) is 0.708. The van der Waals surface area contributed by atoms with Crippen LogP contribution in [0.3, 0.4) is 0 Å². The summed E-state index contributed by atoms with van der Waals surface area (Å²) < 4.78 is 5.11. The Morgan fingerprint density at radius 1 is 1.08 bits per heavy atom. The molecule has 132 valence electrons. The van der Waals surface area contributed by atoms with E-state index in [4.69, 9.17) is 4.74 Å². The fourth-order valence-corrected chi connectivity index (χ4v) is 2.83. The molecule has 0 aliphatic rings. The zero-order chi connectivity index (χ0) is 18.1. The Labute approximate surface area is 152 Å². The van der Waals surface area contributed by atoms with Crippen LogP contribution >= 0.6 is 11.8 Å². The predicted molar refractivity (Wildman–Crippen MR) is 101 cm³/mol. The van der Waals surface area contributed by atoms with E-state index < -0.39 is 0 Å². The van der Waals surface area contributed by atoms with E-state index in [2.05, 4.69) is 10.6 Å². The van der Waals surface area contributed by atoms with Gasteiger partial charge in [0, 0.05) is 11.4 Å². The topological polar surface area (TPSA) is 67.4 Å². The molecule has 0 radical (unpaired) electrons. The molecular weight excluding hydrogens is 336 g/mol. The van der Waals surface area contributed by atoms with Gasteiger partial charge in [-0.05, 0) is 42.8 Å². The molecule has 0 unspecified atom stereocenters. The van der Waals surface area contributed by atoms with Gasteiger partial charge in [-0.1, -0.05) is 19.1 Å². The number of benzene rings is 2. The van der Waals surface area contributed by atoms with Crippen molar-refractivity contribution in [1.82, 2.24) is 5.32 Å². The van der Waals surface area contributed by atoms with Crippen LogP contribution < -0.4 is 15.4 Å². The Morgan fingerprint density at radius 3 is 2.48 bits per heavy atom. The molecule has 2 rings (SSSR count). The molecule has 0 aromatic heterocycles. The van der Waals surface area contributed by atoms with Gasteiger partial charge in [0.2, 0.25) is 5.91 Å². The third kappa shape index (κ3) is 5.83. The van der Waals surface area contributed by atoms with Gasteiger partial charge in [-0.15, -0.1) is 11.8 Å². The van der Waals surface area contributed by atoms with Crippen molar-refractivity contribution in [2.24, 2.45) is 0 Å². The second-order valence-electron chi connectivity index (χ2n) is 5.31. The number of methoxy groups -OCH3 is 1. The van der Waals surface area contributed by atoms with Gasteiger partial charge in [0.05, 0.1) is 24.1 Å². The normalized spacial score (nSPS) is 10.2. The second kappa shape index (κ2) is 9.74. The maximum atomic E-state index is 12.2. The molecule has 25 heavy (non-hydrogen) atoms. The van der Waals surface area contributed by atoms with Gasteiger partial charge in [0.15, 0.2) is 0 Å². The molecule has 0 spiro atoms. The average Bonchev–Trinajstić information content (AvgIpc) is 2.65. The molecule has 2 aromatic carbocycles. The molecule has 6 heteroatoms. The zero-order valence-corrected chi connectivity index (χ0v) is 15.2. The summed E-state index contributed by atoms with van der Waals surface area (Å²) in [7, 11) is 1.61. The number of thioether (sulfide) groups is 1. The summed E-state index contributed by atoms with van der Waals surface area (Å²) in [5, 5.41) is 5.64. The van der Waals surface area contributed by atoms with Crippen molar-refractivity contribution in [3.8, 4) is 5.75 Å². The molecule has 0 aliphatic carbocycles. The van der Waals surface area contributed by atoms with Crippen molar-refractivity contribution in [3.63, 3.8) is 0 Å². The Balaban J connectivity index is 1.94. The van der Waals surface area contributed by atoms with Crippen molar-refractivity contribution in [3.05, 3.63) is 54.1 Å². The van der Waals surface area contributed by atoms with Crippen molar-refractivity contribution in [2.45, 2.75) is 18.2 Å². The van der Waals surface area contributed by atoms with Gasteiger partial charge in [0.25, 0.3) is 5.91 Å². The minimum atomic E-state index is -0.180. The standard InChI is InChI=1S/C19H22N2O3S/c1-3-12-20-19(23)16-6-4-5-7-17(16)21-18(22)13-25-15-10-8-14(24-2)9-11-15/h4-11H,3,12-13H2,1-2H3,(H,20,23)(H,21,22). The van der Waals surface area contributed by atoms with Crippen LogP contribution in [0, 0.1) is 0 Å². The molecule has 2 aromatic rings. The maximum absolute atomic E-state index is 12.2. The fraction of sp³-hybridized carbons (Fsp3) is 0.263. The lowest BCUT2D eigenvalue weighted by Crippen LogP contribution is -2.26. The zero-order valence-electron chi connectivity index (χ0n) is 14.4. The molecule has 2 N–H and O–H groups in total. The monoisotopic (exact) mass is 358 g/mol. The first-order valence-corrected chi connectivity index (χ1v) is 9.06. The number of ether oxygens (including phenoxy) is 1. The van der Waals surface area contributed by atoms with Crippen LogP contribution in [0.25, 0.3) is 0 Å². The van der Waals surface area contributed by atoms with Crippen LogP contribution in [0.2, 0.25) is 0 Å². The highest BCUT2D eigenvalue weighted by molar-refractivity contribution is 8.00. The van der Waals surface area contributed by atoms with Crippen LogP contribution in [-0.2, 0) is 4.79 Å². The second-order valence-corrected chi connectivity index (χ2v) is 6.36. The van der Waals surface area contributed by atoms with Crippen LogP contribution in [-0.4, -0.2) is 31.2 Å². The molecule has 0 heterocycles. The SMILES string of the molecule is CCCNC(=O)c1ccccc1NC(=O)CSc1ccc(OC)cc1. The molecule has 0 aliphatic heterocycles. The third-order valence-corrected chi connectivity index (χ3v) is 4.42. The molecule has 2 amide bonds. The molecule has 0 bridgehead atoms. The van der Waals surface area contributed by atoms with Crippen LogP contribution in [0.5, 0.6) is 5.75 Å². The number of para-hydroxylation sites is 1. The maximum Gasteiger partial charge on any atom is 0.253 e. The van der Waals surface area contributed by atoms with E-state index in [1.54, 1.807) is 31.4 Å². The molecule has 5 nitrogen and oxygen atoms in total. The number of rotatable bonds is 8. The number of carbonyl (C=O) groups excluding carboxylic acids is 2. The van der Waals surface area contributed by atoms with Gasteiger partial charge in [-0.2, -0.15) is 0 Å². The summed E-state index contributed by atoms with van der Waals surface area (Å²) in [4.78, 5) is 25.4. The largest absolute Gasteiger partial charge is 0.497 e. The van der Waals surface area contributed by atoms with Crippen LogP contribution in [0.15, 0.2) is 53.4 Å². The lowest BCUT2D eigenvalue weighted by atomic mass is 10.1. The van der Waals surface area contributed by atoms with E-state index in [1.165, 1.54) is 11.8 Å². The lowest BCUT2D eigenvalue weighted by molar-refractivity contribution is -0.113. The predicted octanol–water partition coefficient (Wildman–Crippen LogP) is 3.57. The van der Waals surface area contributed by atoms with Gasteiger partial charge >= 0.3 is 0 Å². The van der Waals surface area contributed by atoms with Gasteiger partial charge in [-0.25, -0.2) is 0 Å². The third-order valence-electron chi connectivity index (χ3n) is 3.41. The van der Waals surface area contributed by atoms with Gasteiger partial charge in [-0.3, -0.25) is 9.59 Å². The summed E-state index contributed by atoms with van der Waals surface area (Å²) >= 11 is 1.43. The minimum Gasteiger partial charge on any atom is -0.497 e. The molecule has 0 saturated carbocycles. The Kier molecular flexibility index (Phi) is 7.35. The summed E-state index contributed by atoms with van der Waals surface area (Å²) in [6, 6.07) is 14.5. The van der Waals surface area contributed by atoms with E-state index in [0.29, 0.717) is 17.8 Å². The van der Waals surface area contributed by atoms with E-state index >= 15 is 0 Å². The van der Waals surface area contributed by atoms with E-state index in [1.807, 2.05) is 31.2 Å². The first-order valence-electron chi connectivity index (χ1n) is 8.08. The molecule has 0 atom stereocenters. The van der Waals surface area contributed by atoms with E-state index in [9.17, 15) is 9.59 Å². The molecule has 0 fully saturated rings. The van der Waals surface area contributed by atoms with Crippen molar-refractivity contribution >= 4 is 29.3 Å². The Hall–Kier alpha value is -2.47. The highest BCUT2D eigenvalue weighted by atomic mass is 32.2. The summed E-state index contributed by atoms with van der Waals surface area (Å²) in [6.07, 6.45) is 0.860. The van der Waals surface area contributed by atoms with Crippen LogP contribution in [0.4, 0.5) is 5.69 Å². The van der Waals surface area contributed by atoms with E-state index in [0.717, 1.165) is 17.1 Å². The van der Waals surface area contributed by atoms with Gasteiger partial charge < -0.3 is 15.4 Å². The number of amides is 2. The minimum absolute atomic E-state index is 0.156. The molecular formula is C19H22N2O3S. The number of anilines is 1. The number of nitrogens with one attached hydrogen (secondary N) is 2. The van der Waals surface area contributed by atoms with Crippen molar-refractivity contribution in [1.29, 1.82) is 0 Å². The highest BCUT2D eigenvalue weighted by Crippen LogP contribution is 2.22. The molecule has 0 saturated heterocycles. The Bertz CT molecular complexity index is 717. The van der Waals surface area contributed by atoms with Gasteiger partial charge in [0.1, 0.15) is 5.75 Å². The van der Waals surface area contributed by atoms with Crippen LogP contribution in [0.1, 0.15) is 23.7 Å². The number of hydrogen-bond donors (Lipinski definition) is 2. The summed E-state index contributed by atoms with van der Waals surface area (Å²) in [5.74, 6) is 0.704.